The summed E-state index contributed by atoms with van der Waals surface area (Å²) in [7, 11) is 0. The number of H-pyrrole nitrogens is 2. The number of aromatic nitrogens is 11. The standard InChI is InChI=1S/C51H54N14O/c66-51(57-29-41-20-47-37(25-55-41)16-42(59-47)27-52-22-35-8-2-1-3-9-35)39-18-45(30-54-24-39)65-15-7-12-49(65)63-31-40(19-46(33-63)62-13-4-5-14-62)50-58-34-64(61-50)32-44-21-48-38(26-56-44)17-43(60-48)28-53-23-36-10-6-11-36/h4-5,7,12-21,24-26,30-31,33-36,52-53H,1-3,6,8-11,22-23,27-29,32H2,(H2-,55,56,57,59,60,66)/p+1. The predicted octanol–water partition coefficient (Wildman–Crippen LogP) is 7.49. The van der Waals surface area contributed by atoms with E-state index in [9.17, 15) is 4.79 Å². The van der Waals surface area contributed by atoms with Gasteiger partial charge in [-0.2, -0.15) is 9.67 Å². The van der Waals surface area contributed by atoms with Gasteiger partial charge in [-0.3, -0.25) is 19.7 Å². The van der Waals surface area contributed by atoms with Crippen LogP contribution in [0.25, 0.3) is 50.4 Å². The Morgan fingerprint density at radius 2 is 1.41 bits per heavy atom. The van der Waals surface area contributed by atoms with Gasteiger partial charge in [0.05, 0.1) is 53.7 Å². The van der Waals surface area contributed by atoms with Gasteiger partial charge < -0.3 is 30.5 Å². The molecular weight excluding hydrogens is 825 g/mol. The summed E-state index contributed by atoms with van der Waals surface area (Å²) >= 11 is 0. The molecule has 66 heavy (non-hydrogen) atoms. The zero-order chi connectivity index (χ0) is 44.2. The molecule has 2 aliphatic carbocycles. The van der Waals surface area contributed by atoms with Crippen LogP contribution in [0.3, 0.4) is 0 Å². The van der Waals surface area contributed by atoms with Crippen molar-refractivity contribution < 1.29 is 9.36 Å². The van der Waals surface area contributed by atoms with Gasteiger partial charge in [-0.05, 0) is 99.1 Å². The minimum absolute atomic E-state index is 0.232. The molecule has 15 nitrogen and oxygen atoms in total. The van der Waals surface area contributed by atoms with E-state index in [-0.39, 0.29) is 12.5 Å². The van der Waals surface area contributed by atoms with Gasteiger partial charge in [0, 0.05) is 89.4 Å². The zero-order valence-corrected chi connectivity index (χ0v) is 37.0. The SMILES string of the molecule is O=C(NCc1cc2[nH]c(CNCC3CCCCC3)cc2cn1)c1cncc(-n2cccc2-[n+]2cc(-c3ncn(Cc4cc5[nH]c(CNCC6CCC6)cc5cn4)n3)cc(-n3cccc3)c2)c1. The van der Waals surface area contributed by atoms with E-state index in [1.165, 1.54) is 57.1 Å². The van der Waals surface area contributed by atoms with E-state index < -0.39 is 0 Å². The number of rotatable bonds is 17. The van der Waals surface area contributed by atoms with Crippen molar-refractivity contribution in [3.63, 3.8) is 0 Å². The lowest BCUT2D eigenvalue weighted by atomic mass is 9.85. The van der Waals surface area contributed by atoms with Crippen LogP contribution in [0.4, 0.5) is 0 Å². The second-order valence-electron chi connectivity index (χ2n) is 18.1. The molecule has 11 rings (SSSR count). The molecule has 0 atom stereocenters. The van der Waals surface area contributed by atoms with Gasteiger partial charge in [0.2, 0.25) is 0 Å². The van der Waals surface area contributed by atoms with Crippen LogP contribution < -0.4 is 20.5 Å². The van der Waals surface area contributed by atoms with Crippen LogP contribution in [0.2, 0.25) is 0 Å². The molecule has 0 unspecified atom stereocenters. The molecule has 9 aromatic heterocycles. The largest absolute Gasteiger partial charge is 0.357 e. The second kappa shape index (κ2) is 18.7. The number of pyridine rings is 4. The summed E-state index contributed by atoms with van der Waals surface area (Å²) in [6.07, 6.45) is 29.8. The lowest BCUT2D eigenvalue weighted by Crippen LogP contribution is -2.33. The third-order valence-corrected chi connectivity index (χ3v) is 13.2. The van der Waals surface area contributed by atoms with Crippen molar-refractivity contribution in [2.24, 2.45) is 11.8 Å². The highest BCUT2D eigenvalue weighted by atomic mass is 16.1. The lowest BCUT2D eigenvalue weighted by Gasteiger charge is -2.25. The molecule has 9 heterocycles. The van der Waals surface area contributed by atoms with Crippen LogP contribution in [0, 0.1) is 11.8 Å². The Kier molecular flexibility index (Phi) is 11.8. The number of amides is 1. The van der Waals surface area contributed by atoms with E-state index >= 15 is 0 Å². The molecule has 15 heteroatoms. The number of nitrogens with zero attached hydrogens (tertiary/aromatic N) is 9. The average molecular weight is 880 g/mol. The number of hydrogen-bond donors (Lipinski definition) is 5. The van der Waals surface area contributed by atoms with E-state index in [4.69, 9.17) is 15.1 Å². The molecule has 5 N–H and O–H groups in total. The summed E-state index contributed by atoms with van der Waals surface area (Å²) in [6.45, 7) is 4.52. The van der Waals surface area contributed by atoms with E-state index in [1.807, 2.05) is 82.8 Å². The van der Waals surface area contributed by atoms with Crippen molar-refractivity contribution in [1.82, 2.24) is 64.8 Å². The van der Waals surface area contributed by atoms with Gasteiger partial charge in [-0.15, -0.1) is 0 Å². The molecule has 334 valence electrons. The smallest absolute Gasteiger partial charge is 0.291 e. The molecule has 2 saturated carbocycles. The van der Waals surface area contributed by atoms with Crippen LogP contribution in [0.1, 0.15) is 84.5 Å². The molecule has 9 aromatic rings. The van der Waals surface area contributed by atoms with Crippen molar-refractivity contribution in [3.05, 3.63) is 151 Å². The van der Waals surface area contributed by atoms with Gasteiger partial charge in [-0.1, -0.05) is 25.7 Å². The predicted molar refractivity (Wildman–Crippen MR) is 253 cm³/mol. The lowest BCUT2D eigenvalue weighted by molar-refractivity contribution is -0.599. The van der Waals surface area contributed by atoms with Crippen molar-refractivity contribution >= 4 is 27.7 Å². The van der Waals surface area contributed by atoms with E-state index in [0.29, 0.717) is 17.9 Å². The monoisotopic (exact) mass is 879 g/mol. The molecular formula is C51H55N14O+. The molecule has 0 aromatic carbocycles. The summed E-state index contributed by atoms with van der Waals surface area (Å²) in [4.78, 5) is 39.4. The van der Waals surface area contributed by atoms with Crippen LogP contribution in [-0.4, -0.2) is 67.8 Å². The Morgan fingerprint density at radius 1 is 0.697 bits per heavy atom. The molecule has 0 radical (unpaired) electrons. The number of aromatic amines is 2. The fourth-order valence-corrected chi connectivity index (χ4v) is 9.43. The number of carbonyl (C=O) groups excluding carboxylic acids is 1. The van der Waals surface area contributed by atoms with Crippen molar-refractivity contribution in [1.29, 1.82) is 0 Å². The number of carbonyl (C=O) groups is 1. The van der Waals surface area contributed by atoms with Gasteiger partial charge in [-0.25, -0.2) is 14.2 Å². The summed E-state index contributed by atoms with van der Waals surface area (Å²) in [5.41, 5.74) is 9.00. The first-order valence-corrected chi connectivity index (χ1v) is 23.4. The van der Waals surface area contributed by atoms with Gasteiger partial charge in [0.1, 0.15) is 18.7 Å². The van der Waals surface area contributed by atoms with Gasteiger partial charge in [0.25, 0.3) is 11.7 Å². The van der Waals surface area contributed by atoms with E-state index in [2.05, 4.69) is 75.5 Å². The quantitative estimate of drug-likeness (QED) is 0.0587. The Hall–Kier alpha value is -7.23. The van der Waals surface area contributed by atoms with Crippen LogP contribution in [-0.2, 0) is 26.2 Å². The minimum Gasteiger partial charge on any atom is -0.357 e. The molecule has 2 fully saturated rings. The molecule has 0 bridgehead atoms. The molecule has 2 aliphatic rings. The van der Waals surface area contributed by atoms with Crippen molar-refractivity contribution in [2.45, 2.75) is 77.5 Å². The maximum absolute atomic E-state index is 13.6. The first kappa shape index (κ1) is 41.5. The summed E-state index contributed by atoms with van der Waals surface area (Å²) < 4.78 is 7.95. The Balaban J connectivity index is 0.777. The number of fused-ring (bicyclic) bond motifs is 2. The fourth-order valence-electron chi connectivity index (χ4n) is 9.43. The summed E-state index contributed by atoms with van der Waals surface area (Å²) in [5.74, 6) is 2.81. The third kappa shape index (κ3) is 9.30. The van der Waals surface area contributed by atoms with Crippen LogP contribution in [0.5, 0.6) is 0 Å². The topological polar surface area (TPSA) is 168 Å². The molecule has 0 saturated heterocycles. The summed E-state index contributed by atoms with van der Waals surface area (Å²) in [6, 6.07) is 20.4. The first-order chi connectivity index (χ1) is 32.5. The van der Waals surface area contributed by atoms with E-state index in [1.54, 1.807) is 18.7 Å². The van der Waals surface area contributed by atoms with Gasteiger partial charge >= 0.3 is 0 Å². The second-order valence-corrected chi connectivity index (χ2v) is 18.1. The van der Waals surface area contributed by atoms with Crippen LogP contribution in [0.15, 0.2) is 123 Å². The third-order valence-electron chi connectivity index (χ3n) is 13.2. The minimum atomic E-state index is -0.232. The Bertz CT molecular complexity index is 3090. The number of hydrogen-bond acceptors (Lipinski definition) is 8. The average Bonchev–Trinajstić information content (AvgIpc) is 4.20. The number of nitrogens with one attached hydrogen (secondary N) is 5. The molecule has 0 aliphatic heterocycles. The molecule has 1 amide bonds. The normalized spacial score (nSPS) is 14.6. The van der Waals surface area contributed by atoms with E-state index in [0.717, 1.165) is 99.7 Å². The Labute approximate surface area is 382 Å². The first-order valence-electron chi connectivity index (χ1n) is 23.4. The van der Waals surface area contributed by atoms with Crippen molar-refractivity contribution in [3.8, 4) is 28.6 Å². The zero-order valence-electron chi connectivity index (χ0n) is 37.0. The highest BCUT2D eigenvalue weighted by molar-refractivity contribution is 5.94. The Morgan fingerprint density at radius 3 is 2.14 bits per heavy atom. The summed E-state index contributed by atoms with van der Waals surface area (Å²) in [5, 5.41) is 17.4. The highest BCUT2D eigenvalue weighted by Crippen LogP contribution is 2.26. The fraction of sp³-hybridized carbons (Fsp3) is 0.314. The van der Waals surface area contributed by atoms with Crippen molar-refractivity contribution in [2.75, 3.05) is 13.1 Å². The highest BCUT2D eigenvalue weighted by Gasteiger charge is 2.21. The van der Waals surface area contributed by atoms with Gasteiger partial charge in [0.15, 0.2) is 11.5 Å². The molecule has 0 spiro atoms. The van der Waals surface area contributed by atoms with Crippen LogP contribution >= 0.6 is 0 Å². The maximum atomic E-state index is 13.6. The maximum Gasteiger partial charge on any atom is 0.291 e.